The predicted octanol–water partition coefficient (Wildman–Crippen LogP) is 3.87. The van der Waals surface area contributed by atoms with Crippen molar-refractivity contribution in [1.82, 2.24) is 0 Å². The van der Waals surface area contributed by atoms with E-state index < -0.39 is 10.0 Å². The van der Waals surface area contributed by atoms with Gasteiger partial charge in [-0.05, 0) is 36.6 Å². The van der Waals surface area contributed by atoms with Crippen molar-refractivity contribution < 1.29 is 13.2 Å². The van der Waals surface area contributed by atoms with Crippen LogP contribution in [-0.4, -0.2) is 21.8 Å². The highest BCUT2D eigenvalue weighted by molar-refractivity contribution is 7.99. The molecule has 0 fully saturated rings. The van der Waals surface area contributed by atoms with Crippen LogP contribution >= 0.6 is 23.4 Å². The van der Waals surface area contributed by atoms with Crippen molar-refractivity contribution >= 4 is 39.1 Å². The maximum atomic E-state index is 12.5. The van der Waals surface area contributed by atoms with Gasteiger partial charge in [-0.1, -0.05) is 17.7 Å². The van der Waals surface area contributed by atoms with Crippen molar-refractivity contribution in [1.29, 1.82) is 0 Å². The molecule has 0 unspecified atom stereocenters. The Kier molecular flexibility index (Phi) is 5.03. The Morgan fingerprint density at radius 1 is 1.19 bits per heavy atom. The number of hydrogen-bond acceptors (Lipinski definition) is 4. The molecule has 0 atom stereocenters. The first-order valence-electron chi connectivity index (χ1n) is 5.96. The van der Waals surface area contributed by atoms with Crippen LogP contribution in [0, 0.1) is 0 Å². The molecule has 1 N–H and O–H groups in total. The molecule has 2 rings (SSSR count). The third-order valence-corrected chi connectivity index (χ3v) is 5.32. The zero-order valence-electron chi connectivity index (χ0n) is 11.5. The third kappa shape index (κ3) is 3.84. The first-order valence-corrected chi connectivity index (χ1v) is 9.05. The Morgan fingerprint density at radius 2 is 1.95 bits per heavy atom. The second-order valence-corrected chi connectivity index (χ2v) is 7.07. The van der Waals surface area contributed by atoms with E-state index in [-0.39, 0.29) is 4.90 Å². The van der Waals surface area contributed by atoms with E-state index in [1.165, 1.54) is 24.9 Å². The lowest BCUT2D eigenvalue weighted by Gasteiger charge is -2.12. The zero-order chi connectivity index (χ0) is 15.5. The molecule has 4 nitrogen and oxygen atoms in total. The molecule has 7 heteroatoms. The molecule has 2 aromatic rings. The SMILES string of the molecule is COc1cccc(NS(=O)(=O)c2cc(Cl)ccc2SC)c1. The highest BCUT2D eigenvalue weighted by Gasteiger charge is 2.19. The molecule has 0 saturated heterocycles. The number of methoxy groups -OCH3 is 1. The molecular weight excluding hydrogens is 330 g/mol. The summed E-state index contributed by atoms with van der Waals surface area (Å²) in [6, 6.07) is 11.5. The minimum atomic E-state index is -3.71. The molecule has 0 amide bonds. The van der Waals surface area contributed by atoms with Gasteiger partial charge in [-0.25, -0.2) is 8.42 Å². The fraction of sp³-hybridized carbons (Fsp3) is 0.143. The number of rotatable bonds is 5. The summed E-state index contributed by atoms with van der Waals surface area (Å²) in [5.74, 6) is 0.575. The van der Waals surface area contributed by atoms with Crippen molar-refractivity contribution in [3.8, 4) is 5.75 Å². The largest absolute Gasteiger partial charge is 0.497 e. The fourth-order valence-electron chi connectivity index (χ4n) is 1.76. The molecule has 112 valence electrons. The van der Waals surface area contributed by atoms with Gasteiger partial charge in [-0.3, -0.25) is 4.72 Å². The van der Waals surface area contributed by atoms with Crippen LogP contribution in [0.1, 0.15) is 0 Å². The lowest BCUT2D eigenvalue weighted by molar-refractivity contribution is 0.415. The van der Waals surface area contributed by atoms with Gasteiger partial charge < -0.3 is 4.74 Å². The maximum absolute atomic E-state index is 12.5. The van der Waals surface area contributed by atoms with Gasteiger partial charge in [0, 0.05) is 16.0 Å². The van der Waals surface area contributed by atoms with Gasteiger partial charge in [0.25, 0.3) is 10.0 Å². The molecule has 0 saturated carbocycles. The van der Waals surface area contributed by atoms with Crippen LogP contribution in [0.25, 0.3) is 0 Å². The number of halogens is 1. The predicted molar refractivity (Wildman–Crippen MR) is 87.0 cm³/mol. The maximum Gasteiger partial charge on any atom is 0.263 e. The molecular formula is C14H14ClNO3S2. The molecule has 21 heavy (non-hydrogen) atoms. The van der Waals surface area contributed by atoms with Crippen molar-refractivity contribution in [2.24, 2.45) is 0 Å². The number of hydrogen-bond donors (Lipinski definition) is 1. The highest BCUT2D eigenvalue weighted by atomic mass is 35.5. The summed E-state index contributed by atoms with van der Waals surface area (Å²) in [6.45, 7) is 0. The summed E-state index contributed by atoms with van der Waals surface area (Å²) in [5, 5.41) is 0.374. The number of nitrogens with one attached hydrogen (secondary N) is 1. The lowest BCUT2D eigenvalue weighted by Crippen LogP contribution is -2.14. The second-order valence-electron chi connectivity index (χ2n) is 4.13. The van der Waals surface area contributed by atoms with Crippen molar-refractivity contribution in [3.63, 3.8) is 0 Å². The molecule has 0 aliphatic rings. The molecule has 0 bridgehead atoms. The first kappa shape index (κ1) is 16.0. The van der Waals surface area contributed by atoms with Gasteiger partial charge in [-0.2, -0.15) is 0 Å². The Balaban J connectivity index is 2.40. The van der Waals surface area contributed by atoms with E-state index in [1.54, 1.807) is 36.4 Å². The Hall–Kier alpha value is -1.37. The average Bonchev–Trinajstić information content (AvgIpc) is 2.47. The van der Waals surface area contributed by atoms with Crippen LogP contribution in [-0.2, 0) is 10.0 Å². The van der Waals surface area contributed by atoms with Gasteiger partial charge >= 0.3 is 0 Å². The summed E-state index contributed by atoms with van der Waals surface area (Å²) in [5.41, 5.74) is 0.432. The number of thioether (sulfide) groups is 1. The Morgan fingerprint density at radius 3 is 2.62 bits per heavy atom. The minimum absolute atomic E-state index is 0.158. The summed E-state index contributed by atoms with van der Waals surface area (Å²) in [4.78, 5) is 0.792. The number of ether oxygens (including phenoxy) is 1. The highest BCUT2D eigenvalue weighted by Crippen LogP contribution is 2.29. The van der Waals surface area contributed by atoms with Crippen LogP contribution in [0.15, 0.2) is 52.3 Å². The smallest absolute Gasteiger partial charge is 0.263 e. The van der Waals surface area contributed by atoms with Gasteiger partial charge in [0.05, 0.1) is 12.8 Å². The van der Waals surface area contributed by atoms with Gasteiger partial charge in [0.2, 0.25) is 0 Å². The Labute approximate surface area is 133 Å². The number of benzene rings is 2. The monoisotopic (exact) mass is 343 g/mol. The van der Waals surface area contributed by atoms with Gasteiger partial charge in [0.15, 0.2) is 0 Å². The molecule has 0 heterocycles. The van der Waals surface area contributed by atoms with E-state index >= 15 is 0 Å². The van der Waals surface area contributed by atoms with E-state index in [9.17, 15) is 8.42 Å². The van der Waals surface area contributed by atoms with Crippen molar-refractivity contribution in [3.05, 3.63) is 47.5 Å². The minimum Gasteiger partial charge on any atom is -0.497 e. The van der Waals surface area contributed by atoms with E-state index in [0.29, 0.717) is 21.4 Å². The number of sulfonamides is 1. The first-order chi connectivity index (χ1) is 9.96. The van der Waals surface area contributed by atoms with Crippen LogP contribution in [0.4, 0.5) is 5.69 Å². The van der Waals surface area contributed by atoms with E-state index in [4.69, 9.17) is 16.3 Å². The lowest BCUT2D eigenvalue weighted by atomic mass is 10.3. The van der Waals surface area contributed by atoms with Crippen molar-refractivity contribution in [2.75, 3.05) is 18.1 Å². The van der Waals surface area contributed by atoms with Crippen LogP contribution < -0.4 is 9.46 Å². The summed E-state index contributed by atoms with van der Waals surface area (Å²) in [7, 11) is -2.19. The average molecular weight is 344 g/mol. The number of anilines is 1. The van der Waals surface area contributed by atoms with E-state index in [1.807, 2.05) is 6.26 Å². The molecule has 0 aliphatic heterocycles. The molecule has 0 spiro atoms. The van der Waals surface area contributed by atoms with Crippen LogP contribution in [0.2, 0.25) is 5.02 Å². The van der Waals surface area contributed by atoms with Gasteiger partial charge in [0.1, 0.15) is 10.6 Å². The van der Waals surface area contributed by atoms with E-state index in [0.717, 1.165) is 0 Å². The molecule has 0 radical (unpaired) electrons. The quantitative estimate of drug-likeness (QED) is 0.837. The Bertz CT molecular complexity index is 748. The van der Waals surface area contributed by atoms with Crippen LogP contribution in [0.3, 0.4) is 0 Å². The molecule has 2 aromatic carbocycles. The molecule has 0 aromatic heterocycles. The summed E-state index contributed by atoms with van der Waals surface area (Å²) < 4.78 is 32.6. The van der Waals surface area contributed by atoms with E-state index in [2.05, 4.69) is 4.72 Å². The fourth-order valence-corrected chi connectivity index (χ4v) is 4.20. The topological polar surface area (TPSA) is 55.4 Å². The van der Waals surface area contributed by atoms with Crippen molar-refractivity contribution in [2.45, 2.75) is 9.79 Å². The standard InChI is InChI=1S/C14H14ClNO3S2/c1-19-12-5-3-4-11(9-12)16-21(17,18)14-8-10(15)6-7-13(14)20-2/h3-9,16H,1-2H3. The third-order valence-electron chi connectivity index (χ3n) is 2.74. The summed E-state index contributed by atoms with van der Waals surface area (Å²) in [6.07, 6.45) is 1.81. The normalized spacial score (nSPS) is 11.2. The van der Waals surface area contributed by atoms with Gasteiger partial charge in [-0.15, -0.1) is 11.8 Å². The van der Waals surface area contributed by atoms with Crippen LogP contribution in [0.5, 0.6) is 5.75 Å². The zero-order valence-corrected chi connectivity index (χ0v) is 13.8. The summed E-state index contributed by atoms with van der Waals surface area (Å²) >= 11 is 7.26. The second kappa shape index (κ2) is 6.60. The molecule has 0 aliphatic carbocycles.